The Labute approximate surface area is 132 Å². The van der Waals surface area contributed by atoms with Crippen LogP contribution in [-0.4, -0.2) is 37.4 Å². The van der Waals surface area contributed by atoms with E-state index in [2.05, 4.69) is 36.6 Å². The Morgan fingerprint density at radius 3 is 2.50 bits per heavy atom. The van der Waals surface area contributed by atoms with Crippen LogP contribution in [0.4, 0.5) is 4.79 Å². The lowest BCUT2D eigenvalue weighted by molar-refractivity contribution is 0.202. The molecule has 122 valence electrons. The molecule has 3 N–H and O–H groups in total. The highest BCUT2D eigenvalue weighted by Crippen LogP contribution is 2.44. The van der Waals surface area contributed by atoms with E-state index in [1.165, 1.54) is 5.56 Å². The zero-order valence-corrected chi connectivity index (χ0v) is 13.4. The highest BCUT2D eigenvalue weighted by molar-refractivity contribution is 5.73. The Morgan fingerprint density at radius 1 is 1.27 bits per heavy atom. The number of carbonyl (C=O) groups is 1. The molecular weight excluding hydrogens is 280 g/mol. The van der Waals surface area contributed by atoms with Crippen molar-refractivity contribution in [3.05, 3.63) is 29.8 Å². The van der Waals surface area contributed by atoms with Crippen LogP contribution >= 0.6 is 0 Å². The number of hydrogen-bond donors (Lipinski definition) is 3. The predicted molar refractivity (Wildman–Crippen MR) is 86.2 cm³/mol. The minimum Gasteiger partial charge on any atom is -0.492 e. The topological polar surface area (TPSA) is 70.6 Å². The van der Waals surface area contributed by atoms with Crippen molar-refractivity contribution >= 4 is 6.03 Å². The first-order chi connectivity index (χ1) is 10.5. The predicted octanol–water partition coefficient (Wildman–Crippen LogP) is 2.26. The van der Waals surface area contributed by atoms with E-state index < -0.39 is 0 Å². The summed E-state index contributed by atoms with van der Waals surface area (Å²) in [4.78, 5) is 11.6. The number of rotatable bonds is 8. The normalized spacial score (nSPS) is 15.5. The van der Waals surface area contributed by atoms with Gasteiger partial charge in [0, 0.05) is 12.0 Å². The molecule has 0 bridgehead atoms. The molecule has 0 saturated heterocycles. The van der Waals surface area contributed by atoms with E-state index >= 15 is 0 Å². The van der Waals surface area contributed by atoms with Crippen LogP contribution in [0, 0.1) is 5.41 Å². The van der Waals surface area contributed by atoms with E-state index in [4.69, 9.17) is 4.74 Å². The second-order valence-corrected chi connectivity index (χ2v) is 6.34. The lowest BCUT2D eigenvalue weighted by atomic mass is 10.0. The van der Waals surface area contributed by atoms with Gasteiger partial charge in [-0.1, -0.05) is 26.0 Å². The fraction of sp³-hybridized carbons (Fsp3) is 0.588. The lowest BCUT2D eigenvalue weighted by Crippen LogP contribution is -2.41. The molecule has 2 amide bonds. The van der Waals surface area contributed by atoms with Crippen molar-refractivity contribution in [2.45, 2.75) is 32.6 Å². The van der Waals surface area contributed by atoms with Crippen LogP contribution in [0.3, 0.4) is 0 Å². The molecule has 1 fully saturated rings. The van der Waals surface area contributed by atoms with Gasteiger partial charge in [-0.15, -0.1) is 0 Å². The molecule has 22 heavy (non-hydrogen) atoms. The van der Waals surface area contributed by atoms with Crippen LogP contribution in [0.1, 0.15) is 38.2 Å². The van der Waals surface area contributed by atoms with Crippen LogP contribution in [0.2, 0.25) is 0 Å². The fourth-order valence-corrected chi connectivity index (χ4v) is 2.18. The third kappa shape index (κ3) is 4.91. The van der Waals surface area contributed by atoms with Gasteiger partial charge in [-0.05, 0) is 36.5 Å². The van der Waals surface area contributed by atoms with Gasteiger partial charge in [0.1, 0.15) is 12.4 Å². The van der Waals surface area contributed by atoms with Crippen LogP contribution in [0.15, 0.2) is 24.3 Å². The molecule has 0 unspecified atom stereocenters. The standard InChI is InChI=1S/C17H26N2O3/c1-13(2)14-3-5-15(6-4-14)22-10-9-18-16(21)19-11-17(12-20)7-8-17/h3-6,13,20H,7-12H2,1-2H3,(H2,18,19,21). The van der Waals surface area contributed by atoms with E-state index in [1.54, 1.807) is 0 Å². The zero-order valence-electron chi connectivity index (χ0n) is 13.4. The maximum absolute atomic E-state index is 11.6. The number of amides is 2. The molecule has 2 rings (SSSR count). The summed E-state index contributed by atoms with van der Waals surface area (Å²) >= 11 is 0. The summed E-state index contributed by atoms with van der Waals surface area (Å²) in [6.45, 7) is 5.86. The summed E-state index contributed by atoms with van der Waals surface area (Å²) in [7, 11) is 0. The van der Waals surface area contributed by atoms with Gasteiger partial charge in [0.15, 0.2) is 0 Å². The van der Waals surface area contributed by atoms with E-state index in [-0.39, 0.29) is 18.1 Å². The fourth-order valence-electron chi connectivity index (χ4n) is 2.18. The van der Waals surface area contributed by atoms with Gasteiger partial charge in [-0.3, -0.25) is 0 Å². The molecule has 0 aromatic heterocycles. The van der Waals surface area contributed by atoms with Gasteiger partial charge in [0.05, 0.1) is 13.2 Å². The number of urea groups is 1. The molecule has 1 aromatic rings. The summed E-state index contributed by atoms with van der Waals surface area (Å²) in [5.41, 5.74) is 1.22. The summed E-state index contributed by atoms with van der Waals surface area (Å²) in [5, 5.41) is 14.7. The first-order valence-electron chi connectivity index (χ1n) is 7.90. The molecule has 1 aromatic carbocycles. The smallest absolute Gasteiger partial charge is 0.314 e. The van der Waals surface area contributed by atoms with Gasteiger partial charge >= 0.3 is 6.03 Å². The SMILES string of the molecule is CC(C)c1ccc(OCCNC(=O)NCC2(CO)CC2)cc1. The molecule has 1 aliphatic carbocycles. The van der Waals surface area contributed by atoms with E-state index in [0.717, 1.165) is 18.6 Å². The largest absolute Gasteiger partial charge is 0.492 e. The van der Waals surface area contributed by atoms with Gasteiger partial charge < -0.3 is 20.5 Å². The van der Waals surface area contributed by atoms with Crippen molar-refractivity contribution in [1.82, 2.24) is 10.6 Å². The number of benzene rings is 1. The summed E-state index contributed by atoms with van der Waals surface area (Å²) in [6.07, 6.45) is 1.97. The third-order valence-corrected chi connectivity index (χ3v) is 4.12. The van der Waals surface area contributed by atoms with Crippen molar-refractivity contribution in [3.8, 4) is 5.75 Å². The molecule has 5 heteroatoms. The average molecular weight is 306 g/mol. The van der Waals surface area contributed by atoms with Crippen LogP contribution < -0.4 is 15.4 Å². The minimum absolute atomic E-state index is 0.0635. The van der Waals surface area contributed by atoms with Crippen LogP contribution in [-0.2, 0) is 0 Å². The lowest BCUT2D eigenvalue weighted by Gasteiger charge is -2.13. The maximum Gasteiger partial charge on any atom is 0.314 e. The summed E-state index contributed by atoms with van der Waals surface area (Å²) < 4.78 is 5.59. The van der Waals surface area contributed by atoms with E-state index in [9.17, 15) is 9.90 Å². The van der Waals surface area contributed by atoms with Crippen molar-refractivity contribution in [1.29, 1.82) is 0 Å². The first-order valence-corrected chi connectivity index (χ1v) is 7.90. The second kappa shape index (κ2) is 7.49. The second-order valence-electron chi connectivity index (χ2n) is 6.34. The number of aliphatic hydroxyl groups is 1. The maximum atomic E-state index is 11.6. The Balaban J connectivity index is 1.59. The highest BCUT2D eigenvalue weighted by atomic mass is 16.5. The zero-order chi connectivity index (χ0) is 16.0. The molecule has 0 aliphatic heterocycles. The summed E-state index contributed by atoms with van der Waals surface area (Å²) in [6, 6.07) is 7.81. The number of aliphatic hydroxyl groups excluding tert-OH is 1. The molecule has 0 atom stereocenters. The summed E-state index contributed by atoms with van der Waals surface area (Å²) in [5.74, 6) is 1.32. The quantitative estimate of drug-likeness (QED) is 0.645. The number of nitrogens with one attached hydrogen (secondary N) is 2. The Kier molecular flexibility index (Phi) is 5.66. The van der Waals surface area contributed by atoms with Crippen molar-refractivity contribution in [3.63, 3.8) is 0 Å². The van der Waals surface area contributed by atoms with E-state index in [1.807, 2.05) is 12.1 Å². The van der Waals surface area contributed by atoms with Crippen molar-refractivity contribution in [2.24, 2.45) is 5.41 Å². The molecule has 0 radical (unpaired) electrons. The van der Waals surface area contributed by atoms with Gasteiger partial charge in [-0.25, -0.2) is 4.79 Å². The van der Waals surface area contributed by atoms with Crippen molar-refractivity contribution in [2.75, 3.05) is 26.3 Å². The Bertz CT molecular complexity index is 481. The molecule has 1 aliphatic rings. The minimum atomic E-state index is -0.210. The van der Waals surface area contributed by atoms with Crippen molar-refractivity contribution < 1.29 is 14.6 Å². The molecule has 1 saturated carbocycles. The molecule has 5 nitrogen and oxygen atoms in total. The van der Waals surface area contributed by atoms with Gasteiger partial charge in [0.2, 0.25) is 0 Å². The average Bonchev–Trinajstić information content (AvgIpc) is 3.31. The third-order valence-electron chi connectivity index (χ3n) is 4.12. The van der Waals surface area contributed by atoms with Gasteiger partial charge in [-0.2, -0.15) is 0 Å². The Hall–Kier alpha value is -1.75. The van der Waals surface area contributed by atoms with E-state index in [0.29, 0.717) is 25.6 Å². The molecule has 0 heterocycles. The van der Waals surface area contributed by atoms with Gasteiger partial charge in [0.25, 0.3) is 0 Å². The molecule has 0 spiro atoms. The van der Waals surface area contributed by atoms with Crippen LogP contribution in [0.5, 0.6) is 5.75 Å². The monoisotopic (exact) mass is 306 g/mol. The first kappa shape index (κ1) is 16.6. The number of hydrogen-bond acceptors (Lipinski definition) is 3. The highest BCUT2D eigenvalue weighted by Gasteiger charge is 2.42. The molecular formula is C17H26N2O3. The van der Waals surface area contributed by atoms with Crippen LogP contribution in [0.25, 0.3) is 0 Å². The Morgan fingerprint density at radius 2 is 1.95 bits per heavy atom. The number of carbonyl (C=O) groups excluding carboxylic acids is 1. The number of ether oxygens (including phenoxy) is 1.